The fourth-order valence-corrected chi connectivity index (χ4v) is 2.54. The van der Waals surface area contributed by atoms with Crippen LogP contribution in [0.25, 0.3) is 0 Å². The van der Waals surface area contributed by atoms with E-state index >= 15 is 0 Å². The Morgan fingerprint density at radius 3 is 2.48 bits per heavy atom. The van der Waals surface area contributed by atoms with Crippen LogP contribution in [0.5, 0.6) is 0 Å². The van der Waals surface area contributed by atoms with E-state index in [1.54, 1.807) is 12.1 Å². The summed E-state index contributed by atoms with van der Waals surface area (Å²) in [4.78, 5) is 10.3. The summed E-state index contributed by atoms with van der Waals surface area (Å²) in [5.41, 5.74) is 3.35. The molecule has 21 heavy (non-hydrogen) atoms. The molecule has 0 fully saturated rings. The predicted octanol–water partition coefficient (Wildman–Crippen LogP) is 4.06. The maximum atomic E-state index is 10.7. The Hall–Kier alpha value is -1.91. The molecule has 0 radical (unpaired) electrons. The maximum absolute atomic E-state index is 10.7. The quantitative estimate of drug-likeness (QED) is 0.669. The van der Waals surface area contributed by atoms with Crippen LogP contribution in [0.3, 0.4) is 0 Å². The number of nitrogens with zero attached hydrogens (tertiary/aromatic N) is 1. The summed E-state index contributed by atoms with van der Waals surface area (Å²) < 4.78 is 0. The van der Waals surface area contributed by atoms with Crippen molar-refractivity contribution in [1.82, 2.24) is 5.32 Å². The van der Waals surface area contributed by atoms with E-state index in [1.165, 1.54) is 12.1 Å². The first-order chi connectivity index (χ1) is 10.0. The summed E-state index contributed by atoms with van der Waals surface area (Å²) in [7, 11) is 1.90. The molecule has 2 rings (SSSR count). The summed E-state index contributed by atoms with van der Waals surface area (Å²) in [6.07, 6.45) is 0.746. The minimum Gasteiger partial charge on any atom is -0.313 e. The molecule has 2 aromatic rings. The van der Waals surface area contributed by atoms with Crippen LogP contribution in [-0.4, -0.2) is 12.0 Å². The van der Waals surface area contributed by atoms with Gasteiger partial charge in [0.05, 0.1) is 4.92 Å². The van der Waals surface area contributed by atoms with Gasteiger partial charge in [0.25, 0.3) is 5.69 Å². The molecule has 0 aliphatic carbocycles. The second kappa shape index (κ2) is 6.70. The molecule has 1 atom stereocenters. The van der Waals surface area contributed by atoms with Crippen molar-refractivity contribution in [3.63, 3.8) is 0 Å². The number of rotatable bonds is 5. The number of benzene rings is 2. The number of hydrogen-bond donors (Lipinski definition) is 1. The summed E-state index contributed by atoms with van der Waals surface area (Å²) in [6.45, 7) is 2.00. The van der Waals surface area contributed by atoms with Gasteiger partial charge in [-0.3, -0.25) is 10.1 Å². The van der Waals surface area contributed by atoms with Crippen molar-refractivity contribution in [3.8, 4) is 0 Å². The smallest absolute Gasteiger partial charge is 0.269 e. The molecule has 5 heteroatoms. The van der Waals surface area contributed by atoms with E-state index in [0.29, 0.717) is 0 Å². The minimum atomic E-state index is -0.388. The van der Waals surface area contributed by atoms with Gasteiger partial charge in [-0.25, -0.2) is 0 Å². The van der Waals surface area contributed by atoms with E-state index < -0.39 is 0 Å². The lowest BCUT2D eigenvalue weighted by atomic mass is 9.95. The maximum Gasteiger partial charge on any atom is 0.269 e. The molecule has 1 N–H and O–H groups in total. The highest BCUT2D eigenvalue weighted by Gasteiger charge is 2.14. The summed E-state index contributed by atoms with van der Waals surface area (Å²) in [5, 5.41) is 14.7. The topological polar surface area (TPSA) is 55.2 Å². The Labute approximate surface area is 128 Å². The largest absolute Gasteiger partial charge is 0.313 e. The second-order valence-corrected chi connectivity index (χ2v) is 5.33. The van der Waals surface area contributed by atoms with Crippen molar-refractivity contribution in [3.05, 3.63) is 74.3 Å². The molecule has 0 heterocycles. The average Bonchev–Trinajstić information content (AvgIpc) is 2.48. The van der Waals surface area contributed by atoms with Gasteiger partial charge >= 0.3 is 0 Å². The number of nitro benzene ring substituents is 1. The number of nitro groups is 1. The highest BCUT2D eigenvalue weighted by atomic mass is 35.5. The van der Waals surface area contributed by atoms with Crippen LogP contribution < -0.4 is 5.32 Å². The van der Waals surface area contributed by atoms with Gasteiger partial charge in [-0.05, 0) is 43.1 Å². The molecule has 0 aliphatic rings. The van der Waals surface area contributed by atoms with E-state index in [4.69, 9.17) is 11.6 Å². The number of non-ortho nitro benzene ring substituents is 1. The molecular formula is C16H17ClN2O2. The van der Waals surface area contributed by atoms with Crippen LogP contribution in [0.4, 0.5) is 5.69 Å². The third kappa shape index (κ3) is 3.60. The molecule has 1 unspecified atom stereocenters. The molecule has 0 amide bonds. The third-order valence-electron chi connectivity index (χ3n) is 3.62. The van der Waals surface area contributed by atoms with Gasteiger partial charge < -0.3 is 5.32 Å². The van der Waals surface area contributed by atoms with E-state index in [9.17, 15) is 10.1 Å². The SMILES string of the molecule is CNC(Cc1ccc([N+](=O)[O-])cc1)c1cccc(Cl)c1C. The highest BCUT2D eigenvalue weighted by molar-refractivity contribution is 6.31. The fourth-order valence-electron chi connectivity index (χ4n) is 2.36. The summed E-state index contributed by atoms with van der Waals surface area (Å²) in [6, 6.07) is 12.6. The average molecular weight is 305 g/mol. The van der Waals surface area contributed by atoms with Gasteiger partial charge in [0.1, 0.15) is 0 Å². The lowest BCUT2D eigenvalue weighted by molar-refractivity contribution is -0.384. The number of likely N-dealkylation sites (N-methyl/N-ethyl adjacent to an activating group) is 1. The van der Waals surface area contributed by atoms with Crippen LogP contribution in [-0.2, 0) is 6.42 Å². The fraction of sp³-hybridized carbons (Fsp3) is 0.250. The molecule has 0 saturated carbocycles. The van der Waals surface area contributed by atoms with Crippen molar-refractivity contribution >= 4 is 17.3 Å². The molecule has 0 saturated heterocycles. The Morgan fingerprint density at radius 1 is 1.24 bits per heavy atom. The van der Waals surface area contributed by atoms with E-state index in [-0.39, 0.29) is 16.7 Å². The van der Waals surface area contributed by atoms with Crippen molar-refractivity contribution in [1.29, 1.82) is 0 Å². The molecule has 110 valence electrons. The highest BCUT2D eigenvalue weighted by Crippen LogP contribution is 2.26. The van der Waals surface area contributed by atoms with Crippen LogP contribution in [0, 0.1) is 17.0 Å². The van der Waals surface area contributed by atoms with Crippen LogP contribution in [0.1, 0.15) is 22.7 Å². The number of nitrogens with one attached hydrogen (secondary N) is 1. The number of halogens is 1. The van der Waals surface area contributed by atoms with E-state index in [1.807, 2.05) is 32.2 Å². The van der Waals surface area contributed by atoms with Crippen molar-refractivity contribution in [2.75, 3.05) is 7.05 Å². The Kier molecular flexibility index (Phi) is 4.94. The monoisotopic (exact) mass is 304 g/mol. The Morgan fingerprint density at radius 2 is 1.90 bits per heavy atom. The van der Waals surface area contributed by atoms with Gasteiger partial charge in [-0.1, -0.05) is 35.9 Å². The zero-order valence-electron chi connectivity index (χ0n) is 12.0. The van der Waals surface area contributed by atoms with Crippen LogP contribution in [0.2, 0.25) is 5.02 Å². The lowest BCUT2D eigenvalue weighted by Gasteiger charge is -2.19. The van der Waals surface area contributed by atoms with Crippen molar-refractivity contribution < 1.29 is 4.92 Å². The zero-order chi connectivity index (χ0) is 15.4. The minimum absolute atomic E-state index is 0.110. The van der Waals surface area contributed by atoms with Crippen molar-refractivity contribution in [2.45, 2.75) is 19.4 Å². The first-order valence-electron chi connectivity index (χ1n) is 6.68. The third-order valence-corrected chi connectivity index (χ3v) is 4.03. The molecule has 0 spiro atoms. The first kappa shape index (κ1) is 15.5. The van der Waals surface area contributed by atoms with Gasteiger partial charge in [-0.2, -0.15) is 0 Å². The standard InChI is InChI=1S/C16H17ClN2O2/c1-11-14(4-3-5-15(11)17)16(18-2)10-12-6-8-13(9-7-12)19(20)21/h3-9,16,18H,10H2,1-2H3. The van der Waals surface area contributed by atoms with Gasteiger partial charge in [-0.15, -0.1) is 0 Å². The van der Waals surface area contributed by atoms with E-state index in [0.717, 1.165) is 28.1 Å². The zero-order valence-corrected chi connectivity index (χ0v) is 12.7. The Balaban J connectivity index is 2.23. The lowest BCUT2D eigenvalue weighted by Crippen LogP contribution is -2.19. The van der Waals surface area contributed by atoms with Crippen LogP contribution >= 0.6 is 11.6 Å². The first-order valence-corrected chi connectivity index (χ1v) is 7.06. The predicted molar refractivity (Wildman–Crippen MR) is 84.8 cm³/mol. The Bertz CT molecular complexity index is 641. The van der Waals surface area contributed by atoms with E-state index in [2.05, 4.69) is 5.32 Å². The molecule has 4 nitrogen and oxygen atoms in total. The molecule has 0 aromatic heterocycles. The molecule has 0 bridgehead atoms. The molecule has 2 aromatic carbocycles. The van der Waals surface area contributed by atoms with Crippen molar-refractivity contribution in [2.24, 2.45) is 0 Å². The molecule has 0 aliphatic heterocycles. The number of hydrogen-bond acceptors (Lipinski definition) is 3. The second-order valence-electron chi connectivity index (χ2n) is 4.92. The van der Waals surface area contributed by atoms with Crippen LogP contribution in [0.15, 0.2) is 42.5 Å². The normalized spacial score (nSPS) is 12.1. The summed E-state index contributed by atoms with van der Waals surface area (Å²) >= 11 is 6.17. The molecular weight excluding hydrogens is 288 g/mol. The summed E-state index contributed by atoms with van der Waals surface area (Å²) in [5.74, 6) is 0. The van der Waals surface area contributed by atoms with Gasteiger partial charge in [0.2, 0.25) is 0 Å². The van der Waals surface area contributed by atoms with Gasteiger partial charge in [0.15, 0.2) is 0 Å². The van der Waals surface area contributed by atoms with Gasteiger partial charge in [0, 0.05) is 23.2 Å².